The Morgan fingerprint density at radius 3 is 2.79 bits per heavy atom. The fourth-order valence-electron chi connectivity index (χ4n) is 2.71. The van der Waals surface area contributed by atoms with Crippen molar-refractivity contribution in [2.24, 2.45) is 7.05 Å². The predicted octanol–water partition coefficient (Wildman–Crippen LogP) is 4.79. The SMILES string of the molecule is Cc1nn(C)c(-c2nnc(Nc3ccn(Cc4c(F)cccc4Cl)n3)s2)c1Br. The van der Waals surface area contributed by atoms with Gasteiger partial charge in [-0.25, -0.2) is 4.39 Å². The molecule has 0 spiro atoms. The number of benzene rings is 1. The van der Waals surface area contributed by atoms with Gasteiger partial charge in [0.15, 0.2) is 10.8 Å². The first-order valence-electron chi connectivity index (χ1n) is 8.18. The summed E-state index contributed by atoms with van der Waals surface area (Å²) in [5, 5.41) is 22.0. The predicted molar refractivity (Wildman–Crippen MR) is 111 cm³/mol. The maximum absolute atomic E-state index is 14.0. The molecule has 0 fully saturated rings. The minimum absolute atomic E-state index is 0.232. The molecule has 1 aromatic carbocycles. The van der Waals surface area contributed by atoms with Crippen molar-refractivity contribution in [1.82, 2.24) is 29.8 Å². The third-order valence-electron chi connectivity index (χ3n) is 4.03. The average molecular weight is 483 g/mol. The minimum Gasteiger partial charge on any atom is -0.313 e. The highest BCUT2D eigenvalue weighted by Crippen LogP contribution is 2.34. The van der Waals surface area contributed by atoms with Crippen LogP contribution in [0.2, 0.25) is 5.02 Å². The lowest BCUT2D eigenvalue weighted by atomic mass is 10.2. The molecule has 0 bridgehead atoms. The van der Waals surface area contributed by atoms with E-state index in [1.54, 1.807) is 33.8 Å². The van der Waals surface area contributed by atoms with Crippen LogP contribution in [0.25, 0.3) is 10.7 Å². The van der Waals surface area contributed by atoms with Crippen LogP contribution in [0, 0.1) is 12.7 Å². The molecule has 0 radical (unpaired) electrons. The molecule has 1 N–H and O–H groups in total. The summed E-state index contributed by atoms with van der Waals surface area (Å²) in [6.45, 7) is 2.15. The normalized spacial score (nSPS) is 11.2. The quantitative estimate of drug-likeness (QED) is 0.443. The van der Waals surface area contributed by atoms with E-state index in [9.17, 15) is 4.39 Å². The summed E-state index contributed by atoms with van der Waals surface area (Å²) in [6, 6.07) is 6.39. The number of aryl methyl sites for hydroxylation is 2. The molecule has 0 aliphatic carbocycles. The second kappa shape index (κ2) is 7.61. The first-order valence-corrected chi connectivity index (χ1v) is 10.2. The Bertz CT molecular complexity index is 1130. The second-order valence-corrected chi connectivity index (χ2v) is 8.19. The van der Waals surface area contributed by atoms with Crippen molar-refractivity contribution in [1.29, 1.82) is 0 Å². The van der Waals surface area contributed by atoms with Gasteiger partial charge >= 0.3 is 0 Å². The number of anilines is 2. The van der Waals surface area contributed by atoms with Gasteiger partial charge < -0.3 is 5.32 Å². The molecule has 3 aromatic heterocycles. The molecule has 0 aliphatic rings. The number of rotatable bonds is 5. The molecular formula is C17H14BrClFN7S. The van der Waals surface area contributed by atoms with E-state index in [0.717, 1.165) is 20.9 Å². The monoisotopic (exact) mass is 481 g/mol. The van der Waals surface area contributed by atoms with Gasteiger partial charge in [-0.1, -0.05) is 29.0 Å². The van der Waals surface area contributed by atoms with Crippen LogP contribution >= 0.6 is 38.9 Å². The highest BCUT2D eigenvalue weighted by atomic mass is 79.9. The Labute approximate surface area is 177 Å². The lowest BCUT2D eigenvalue weighted by molar-refractivity contribution is 0.586. The van der Waals surface area contributed by atoms with E-state index in [-0.39, 0.29) is 12.4 Å². The lowest BCUT2D eigenvalue weighted by Crippen LogP contribution is -2.04. The molecule has 3 heterocycles. The molecule has 0 atom stereocenters. The topological polar surface area (TPSA) is 73.5 Å². The van der Waals surface area contributed by atoms with Crippen molar-refractivity contribution in [3.63, 3.8) is 0 Å². The molecule has 144 valence electrons. The van der Waals surface area contributed by atoms with Crippen molar-refractivity contribution in [3.05, 3.63) is 57.0 Å². The van der Waals surface area contributed by atoms with Crippen LogP contribution in [-0.2, 0) is 13.6 Å². The molecule has 11 heteroatoms. The summed E-state index contributed by atoms with van der Waals surface area (Å²) in [5.41, 5.74) is 2.14. The number of nitrogens with zero attached hydrogens (tertiary/aromatic N) is 6. The smallest absolute Gasteiger partial charge is 0.211 e. The maximum Gasteiger partial charge on any atom is 0.211 e. The number of aromatic nitrogens is 6. The van der Waals surface area contributed by atoms with Crippen LogP contribution in [-0.4, -0.2) is 29.8 Å². The number of hydrogen-bond donors (Lipinski definition) is 1. The molecule has 0 aliphatic heterocycles. The van der Waals surface area contributed by atoms with Gasteiger partial charge in [0.25, 0.3) is 0 Å². The highest BCUT2D eigenvalue weighted by molar-refractivity contribution is 9.10. The Kier molecular flexibility index (Phi) is 5.17. The highest BCUT2D eigenvalue weighted by Gasteiger charge is 2.17. The number of halogens is 3. The van der Waals surface area contributed by atoms with Gasteiger partial charge in [-0.15, -0.1) is 10.2 Å². The van der Waals surface area contributed by atoms with Gasteiger partial charge in [-0.05, 0) is 35.0 Å². The molecule has 28 heavy (non-hydrogen) atoms. The van der Waals surface area contributed by atoms with Crippen LogP contribution in [0.1, 0.15) is 11.3 Å². The Hall–Kier alpha value is -2.30. The van der Waals surface area contributed by atoms with Crippen LogP contribution in [0.3, 0.4) is 0 Å². The zero-order valence-electron chi connectivity index (χ0n) is 14.8. The van der Waals surface area contributed by atoms with E-state index in [2.05, 4.69) is 41.6 Å². The second-order valence-electron chi connectivity index (χ2n) is 6.01. The largest absolute Gasteiger partial charge is 0.313 e. The molecule has 0 saturated carbocycles. The van der Waals surface area contributed by atoms with Gasteiger partial charge in [-0.2, -0.15) is 10.2 Å². The van der Waals surface area contributed by atoms with E-state index in [4.69, 9.17) is 11.6 Å². The van der Waals surface area contributed by atoms with Gasteiger partial charge in [0.2, 0.25) is 5.13 Å². The van der Waals surface area contributed by atoms with Crippen molar-refractivity contribution < 1.29 is 4.39 Å². The summed E-state index contributed by atoms with van der Waals surface area (Å²) >= 11 is 11.0. The molecule has 4 aromatic rings. The standard InChI is InChI=1S/C17H14BrClFN7S/c1-9-14(18)15(26(2)24-9)16-22-23-17(28-16)21-13-6-7-27(25-13)8-10-11(19)4-3-5-12(10)20/h3-7H,8H2,1-2H3,(H,21,23,25). The van der Waals surface area contributed by atoms with Gasteiger partial charge in [-0.3, -0.25) is 9.36 Å². The Morgan fingerprint density at radius 2 is 2.07 bits per heavy atom. The molecule has 4 rings (SSSR count). The van der Waals surface area contributed by atoms with Gasteiger partial charge in [0.05, 0.1) is 16.7 Å². The van der Waals surface area contributed by atoms with Gasteiger partial charge in [0.1, 0.15) is 11.5 Å². The van der Waals surface area contributed by atoms with E-state index in [1.807, 2.05) is 14.0 Å². The third-order valence-corrected chi connectivity index (χ3v) is 6.18. The number of nitrogens with one attached hydrogen (secondary N) is 1. The minimum atomic E-state index is -0.358. The van der Waals surface area contributed by atoms with Crippen molar-refractivity contribution in [2.75, 3.05) is 5.32 Å². The van der Waals surface area contributed by atoms with Gasteiger partial charge in [0, 0.05) is 29.9 Å². The van der Waals surface area contributed by atoms with Crippen LogP contribution < -0.4 is 5.32 Å². The van der Waals surface area contributed by atoms with Crippen LogP contribution in [0.15, 0.2) is 34.9 Å². The summed E-state index contributed by atoms with van der Waals surface area (Å²) in [6.07, 6.45) is 1.74. The van der Waals surface area contributed by atoms with Crippen LogP contribution in [0.5, 0.6) is 0 Å². The zero-order valence-corrected chi connectivity index (χ0v) is 18.0. The van der Waals surface area contributed by atoms with E-state index >= 15 is 0 Å². The summed E-state index contributed by atoms with van der Waals surface area (Å²) in [7, 11) is 1.86. The molecule has 0 saturated heterocycles. The van der Waals surface area contributed by atoms with E-state index in [0.29, 0.717) is 21.5 Å². The Morgan fingerprint density at radius 1 is 1.25 bits per heavy atom. The third kappa shape index (κ3) is 3.67. The first-order chi connectivity index (χ1) is 13.4. The fourth-order valence-corrected chi connectivity index (χ4v) is 4.42. The van der Waals surface area contributed by atoms with Crippen molar-refractivity contribution >= 4 is 49.8 Å². The summed E-state index contributed by atoms with van der Waals surface area (Å²) in [4.78, 5) is 0. The molecular weight excluding hydrogens is 469 g/mol. The summed E-state index contributed by atoms with van der Waals surface area (Å²) in [5.74, 6) is 0.221. The van der Waals surface area contributed by atoms with E-state index in [1.165, 1.54) is 17.4 Å². The Balaban J connectivity index is 1.51. The zero-order chi connectivity index (χ0) is 19.8. The summed E-state index contributed by atoms with van der Waals surface area (Å²) < 4.78 is 18.2. The van der Waals surface area contributed by atoms with Crippen molar-refractivity contribution in [3.8, 4) is 10.7 Å². The fraction of sp³-hybridized carbons (Fsp3) is 0.176. The van der Waals surface area contributed by atoms with Crippen LogP contribution in [0.4, 0.5) is 15.3 Å². The molecule has 0 unspecified atom stereocenters. The molecule has 7 nitrogen and oxygen atoms in total. The molecule has 0 amide bonds. The van der Waals surface area contributed by atoms with Crippen molar-refractivity contribution in [2.45, 2.75) is 13.5 Å². The average Bonchev–Trinajstić information content (AvgIpc) is 3.33. The first kappa shape index (κ1) is 19.0. The maximum atomic E-state index is 14.0. The lowest BCUT2D eigenvalue weighted by Gasteiger charge is -2.05. The van der Waals surface area contributed by atoms with E-state index < -0.39 is 0 Å². The number of hydrogen-bond acceptors (Lipinski definition) is 6.